The highest BCUT2D eigenvalue weighted by molar-refractivity contribution is 5.27. The van der Waals surface area contributed by atoms with Crippen LogP contribution in [0, 0.1) is 6.92 Å². The van der Waals surface area contributed by atoms with E-state index in [1.54, 1.807) is 0 Å². The van der Waals surface area contributed by atoms with Gasteiger partial charge in [-0.3, -0.25) is 4.90 Å². The van der Waals surface area contributed by atoms with E-state index < -0.39 is 5.60 Å². The van der Waals surface area contributed by atoms with Crippen LogP contribution < -0.4 is 9.47 Å². The first-order chi connectivity index (χ1) is 14.4. The number of nitrogens with zero attached hydrogens (tertiary/aromatic N) is 2. The highest BCUT2D eigenvalue weighted by Crippen LogP contribution is 2.25. The van der Waals surface area contributed by atoms with E-state index in [9.17, 15) is 5.11 Å². The van der Waals surface area contributed by atoms with E-state index in [-0.39, 0.29) is 0 Å². The maximum absolute atomic E-state index is 11.0. The molecule has 1 saturated heterocycles. The van der Waals surface area contributed by atoms with E-state index in [1.165, 1.54) is 11.1 Å². The summed E-state index contributed by atoms with van der Waals surface area (Å²) in [5.74, 6) is 1.74. The lowest BCUT2D eigenvalue weighted by atomic mass is 9.96. The number of hydrogen-bond acceptors (Lipinski definition) is 5. The van der Waals surface area contributed by atoms with Gasteiger partial charge in [-0.15, -0.1) is 0 Å². The molecule has 1 aliphatic rings. The minimum absolute atomic E-state index is 0.350. The third-order valence-electron chi connectivity index (χ3n) is 5.68. The average Bonchev–Trinajstić information content (AvgIpc) is 2.91. The summed E-state index contributed by atoms with van der Waals surface area (Å²) in [5.41, 5.74) is 1.72. The van der Waals surface area contributed by atoms with Crippen molar-refractivity contribution in [2.45, 2.75) is 38.3 Å². The van der Waals surface area contributed by atoms with Crippen LogP contribution in [0.15, 0.2) is 48.5 Å². The number of aliphatic hydroxyl groups is 1. The Bertz CT molecular complexity index is 761. The van der Waals surface area contributed by atoms with E-state index in [0.717, 1.165) is 56.9 Å². The zero-order valence-corrected chi connectivity index (χ0v) is 18.6. The van der Waals surface area contributed by atoms with Crippen LogP contribution in [0.3, 0.4) is 0 Å². The lowest BCUT2D eigenvalue weighted by Gasteiger charge is -2.27. The van der Waals surface area contributed by atoms with E-state index in [2.05, 4.69) is 41.0 Å². The standard InChI is InChI=1S/C25H36N2O3/c1-21-5-9-24(10-6-21)30-20-25(28)13-4-15-27(16-14-25)19-22-7-11-23(12-8-22)29-18-17-26(2)3/h5-12,28H,4,13-20H2,1-3H3. The smallest absolute Gasteiger partial charge is 0.119 e. The molecule has 1 unspecified atom stereocenters. The van der Waals surface area contributed by atoms with Gasteiger partial charge >= 0.3 is 0 Å². The Hall–Kier alpha value is -2.08. The van der Waals surface area contributed by atoms with Crippen molar-refractivity contribution in [2.24, 2.45) is 0 Å². The molecular formula is C25H36N2O3. The first kappa shape index (κ1) is 22.6. The molecule has 1 N–H and O–H groups in total. The molecule has 2 aromatic carbocycles. The minimum Gasteiger partial charge on any atom is -0.492 e. The normalized spacial score (nSPS) is 20.2. The van der Waals surface area contributed by atoms with Crippen molar-refractivity contribution in [3.63, 3.8) is 0 Å². The molecule has 3 rings (SSSR count). The van der Waals surface area contributed by atoms with Gasteiger partial charge in [-0.1, -0.05) is 29.8 Å². The molecule has 0 aromatic heterocycles. The van der Waals surface area contributed by atoms with Crippen LogP contribution in [0.1, 0.15) is 30.4 Å². The maximum Gasteiger partial charge on any atom is 0.119 e. The number of aryl methyl sites for hydroxylation is 1. The van der Waals surface area contributed by atoms with Crippen molar-refractivity contribution in [1.82, 2.24) is 9.80 Å². The third-order valence-corrected chi connectivity index (χ3v) is 5.68. The summed E-state index contributed by atoms with van der Waals surface area (Å²) in [6.07, 6.45) is 2.47. The molecule has 1 fully saturated rings. The Morgan fingerprint density at radius 3 is 2.30 bits per heavy atom. The quantitative estimate of drug-likeness (QED) is 0.680. The molecule has 2 aromatic rings. The second-order valence-corrected chi connectivity index (χ2v) is 8.75. The van der Waals surface area contributed by atoms with Gasteiger partial charge in [-0.25, -0.2) is 0 Å². The zero-order valence-electron chi connectivity index (χ0n) is 18.6. The van der Waals surface area contributed by atoms with Crippen LogP contribution in [0.4, 0.5) is 0 Å². The second-order valence-electron chi connectivity index (χ2n) is 8.75. The molecule has 164 valence electrons. The highest BCUT2D eigenvalue weighted by atomic mass is 16.5. The van der Waals surface area contributed by atoms with Gasteiger partial charge in [0.05, 0.1) is 5.60 Å². The molecule has 0 amide bonds. The first-order valence-electron chi connectivity index (χ1n) is 10.9. The topological polar surface area (TPSA) is 45.2 Å². The summed E-state index contributed by atoms with van der Waals surface area (Å²) in [4.78, 5) is 4.53. The maximum atomic E-state index is 11.0. The Labute approximate surface area is 181 Å². The van der Waals surface area contributed by atoms with Crippen molar-refractivity contribution in [3.05, 3.63) is 59.7 Å². The summed E-state index contributed by atoms with van der Waals surface area (Å²) in [6.45, 7) is 6.77. The number of likely N-dealkylation sites (tertiary alicyclic amines) is 1. The van der Waals surface area contributed by atoms with Crippen LogP contribution in [0.5, 0.6) is 11.5 Å². The fraction of sp³-hybridized carbons (Fsp3) is 0.520. The predicted molar refractivity (Wildman–Crippen MR) is 121 cm³/mol. The van der Waals surface area contributed by atoms with Gasteiger partial charge < -0.3 is 19.5 Å². The number of ether oxygens (including phenoxy) is 2. The van der Waals surface area contributed by atoms with Crippen molar-refractivity contribution in [1.29, 1.82) is 0 Å². The van der Waals surface area contributed by atoms with Crippen molar-refractivity contribution in [2.75, 3.05) is 46.9 Å². The van der Waals surface area contributed by atoms with Gasteiger partial charge in [0.1, 0.15) is 24.7 Å². The first-order valence-corrected chi connectivity index (χ1v) is 10.9. The van der Waals surface area contributed by atoms with Crippen LogP contribution in [0.25, 0.3) is 0 Å². The third kappa shape index (κ3) is 7.31. The number of benzene rings is 2. The largest absolute Gasteiger partial charge is 0.492 e. The van der Waals surface area contributed by atoms with E-state index in [1.807, 2.05) is 38.4 Å². The summed E-state index contributed by atoms with van der Waals surface area (Å²) in [5, 5.41) is 11.0. The molecule has 30 heavy (non-hydrogen) atoms. The monoisotopic (exact) mass is 412 g/mol. The SMILES string of the molecule is Cc1ccc(OCC2(O)CCCN(Cc3ccc(OCCN(C)C)cc3)CC2)cc1. The van der Waals surface area contributed by atoms with Crippen molar-refractivity contribution >= 4 is 0 Å². The molecule has 0 aliphatic carbocycles. The molecule has 0 radical (unpaired) electrons. The molecule has 0 saturated carbocycles. The summed E-state index contributed by atoms with van der Waals surface area (Å²) >= 11 is 0. The molecule has 0 bridgehead atoms. The van der Waals surface area contributed by atoms with Gasteiger partial charge in [0, 0.05) is 19.6 Å². The number of likely N-dealkylation sites (N-methyl/N-ethyl adjacent to an activating group) is 1. The predicted octanol–water partition coefficient (Wildman–Crippen LogP) is 3.73. The summed E-state index contributed by atoms with van der Waals surface area (Å²) in [6, 6.07) is 16.4. The summed E-state index contributed by atoms with van der Waals surface area (Å²) in [7, 11) is 4.09. The number of hydrogen-bond donors (Lipinski definition) is 1. The van der Waals surface area contributed by atoms with Crippen LogP contribution in [-0.4, -0.2) is 67.5 Å². The van der Waals surface area contributed by atoms with E-state index >= 15 is 0 Å². The molecule has 0 spiro atoms. The zero-order chi connectivity index (χ0) is 21.4. The Morgan fingerprint density at radius 1 is 0.933 bits per heavy atom. The van der Waals surface area contributed by atoms with E-state index in [0.29, 0.717) is 13.2 Å². The molecular weight excluding hydrogens is 376 g/mol. The Kier molecular flexibility index (Phi) is 8.14. The van der Waals surface area contributed by atoms with Crippen LogP contribution in [-0.2, 0) is 6.54 Å². The van der Waals surface area contributed by atoms with Gasteiger partial charge in [-0.2, -0.15) is 0 Å². The number of rotatable bonds is 9. The lowest BCUT2D eigenvalue weighted by molar-refractivity contribution is -0.0168. The molecule has 1 atom stereocenters. The van der Waals surface area contributed by atoms with Crippen LogP contribution in [0.2, 0.25) is 0 Å². The summed E-state index contributed by atoms with van der Waals surface area (Å²) < 4.78 is 11.7. The fourth-order valence-corrected chi connectivity index (χ4v) is 3.68. The molecule has 5 nitrogen and oxygen atoms in total. The van der Waals surface area contributed by atoms with Crippen molar-refractivity contribution in [3.8, 4) is 11.5 Å². The lowest BCUT2D eigenvalue weighted by Crippen LogP contribution is -2.37. The van der Waals surface area contributed by atoms with Gasteiger partial charge in [0.2, 0.25) is 0 Å². The van der Waals surface area contributed by atoms with Crippen LogP contribution >= 0.6 is 0 Å². The average molecular weight is 413 g/mol. The van der Waals surface area contributed by atoms with Crippen molar-refractivity contribution < 1.29 is 14.6 Å². The second kappa shape index (κ2) is 10.8. The molecule has 5 heteroatoms. The Balaban J connectivity index is 1.45. The van der Waals surface area contributed by atoms with Gasteiger partial charge in [0.25, 0.3) is 0 Å². The fourth-order valence-electron chi connectivity index (χ4n) is 3.68. The molecule has 1 heterocycles. The molecule has 1 aliphatic heterocycles. The highest BCUT2D eigenvalue weighted by Gasteiger charge is 2.31. The van der Waals surface area contributed by atoms with Gasteiger partial charge in [0.15, 0.2) is 0 Å². The van der Waals surface area contributed by atoms with Gasteiger partial charge in [-0.05, 0) is 76.7 Å². The minimum atomic E-state index is -0.760. The van der Waals surface area contributed by atoms with E-state index in [4.69, 9.17) is 9.47 Å². The Morgan fingerprint density at radius 2 is 1.60 bits per heavy atom.